The molecule has 0 bridgehead atoms. The third-order valence-corrected chi connectivity index (χ3v) is 4.40. The zero-order valence-corrected chi connectivity index (χ0v) is 15.4. The van der Waals surface area contributed by atoms with E-state index in [9.17, 15) is 0 Å². The van der Waals surface area contributed by atoms with Gasteiger partial charge in [-0.3, -0.25) is 4.68 Å². The zero-order chi connectivity index (χ0) is 18.8. The van der Waals surface area contributed by atoms with Gasteiger partial charge >= 0.3 is 0 Å². The lowest BCUT2D eigenvalue weighted by molar-refractivity contribution is 0.391. The molecule has 0 atom stereocenters. The molecular weight excluding hydrogens is 344 g/mol. The molecule has 0 fully saturated rings. The molecule has 0 aliphatic rings. The monoisotopic (exact) mass is 364 g/mol. The van der Waals surface area contributed by atoms with Crippen LogP contribution in [0.1, 0.15) is 5.56 Å². The number of H-pyrrole nitrogens is 1. The highest BCUT2D eigenvalue weighted by Crippen LogP contribution is 2.32. The van der Waals surface area contributed by atoms with E-state index in [1.54, 1.807) is 18.9 Å². The van der Waals surface area contributed by atoms with Crippen molar-refractivity contribution in [2.75, 3.05) is 19.5 Å². The fraction of sp³-hybridized carbons (Fsp3) is 0.211. The van der Waals surface area contributed by atoms with Gasteiger partial charge in [0.25, 0.3) is 0 Å². The van der Waals surface area contributed by atoms with Crippen molar-refractivity contribution in [1.29, 1.82) is 0 Å². The van der Waals surface area contributed by atoms with Gasteiger partial charge in [-0.2, -0.15) is 5.10 Å². The number of methoxy groups -OCH3 is 2. The predicted molar refractivity (Wildman–Crippen MR) is 103 cm³/mol. The standard InChI is InChI=1S/C19H20N6O2/c1-25-7-6-15(24-25)14-10-21-19-17(14)18(22-11-23-19)20-9-12-4-5-13(26-2)8-16(12)27-3/h4-8,10-11H,9H2,1-3H3,(H2,20,21,22,23). The molecule has 0 unspecified atom stereocenters. The molecular formula is C19H20N6O2. The lowest BCUT2D eigenvalue weighted by atomic mass is 10.1. The molecule has 0 amide bonds. The average Bonchev–Trinajstić information content (AvgIpc) is 3.32. The van der Waals surface area contributed by atoms with Gasteiger partial charge in [-0.25, -0.2) is 9.97 Å². The van der Waals surface area contributed by atoms with Gasteiger partial charge in [0, 0.05) is 43.2 Å². The van der Waals surface area contributed by atoms with Gasteiger partial charge in [0.1, 0.15) is 29.3 Å². The Labute approximate surface area is 156 Å². The largest absolute Gasteiger partial charge is 0.497 e. The van der Waals surface area contributed by atoms with Crippen molar-refractivity contribution in [2.45, 2.75) is 6.54 Å². The maximum absolute atomic E-state index is 5.47. The molecule has 0 radical (unpaired) electrons. The highest BCUT2D eigenvalue weighted by Gasteiger charge is 2.15. The van der Waals surface area contributed by atoms with Gasteiger partial charge in [-0.1, -0.05) is 0 Å². The zero-order valence-electron chi connectivity index (χ0n) is 15.4. The van der Waals surface area contributed by atoms with Crippen LogP contribution in [0, 0.1) is 0 Å². The number of nitrogens with one attached hydrogen (secondary N) is 2. The Morgan fingerprint density at radius 1 is 1.15 bits per heavy atom. The third kappa shape index (κ3) is 3.17. The van der Waals surface area contributed by atoms with E-state index in [-0.39, 0.29) is 0 Å². The number of rotatable bonds is 6. The molecule has 27 heavy (non-hydrogen) atoms. The number of aryl methyl sites for hydroxylation is 1. The minimum absolute atomic E-state index is 0.548. The molecule has 138 valence electrons. The maximum Gasteiger partial charge on any atom is 0.143 e. The van der Waals surface area contributed by atoms with Crippen LogP contribution in [0.25, 0.3) is 22.3 Å². The molecule has 3 heterocycles. The summed E-state index contributed by atoms with van der Waals surface area (Å²) in [7, 11) is 5.17. The normalized spacial score (nSPS) is 10.9. The first-order valence-electron chi connectivity index (χ1n) is 8.46. The highest BCUT2D eigenvalue weighted by molar-refractivity contribution is 6.00. The maximum atomic E-state index is 5.47. The van der Waals surface area contributed by atoms with Crippen molar-refractivity contribution >= 4 is 16.9 Å². The van der Waals surface area contributed by atoms with Crippen LogP contribution in [0.2, 0.25) is 0 Å². The fourth-order valence-corrected chi connectivity index (χ4v) is 3.03. The smallest absolute Gasteiger partial charge is 0.143 e. The lowest BCUT2D eigenvalue weighted by Crippen LogP contribution is -2.04. The minimum Gasteiger partial charge on any atom is -0.497 e. The molecule has 8 nitrogen and oxygen atoms in total. The quantitative estimate of drug-likeness (QED) is 0.547. The summed E-state index contributed by atoms with van der Waals surface area (Å²) in [5, 5.41) is 8.79. The molecule has 3 aromatic heterocycles. The van der Waals surface area contributed by atoms with E-state index in [1.165, 1.54) is 6.33 Å². The van der Waals surface area contributed by atoms with Crippen molar-refractivity contribution < 1.29 is 9.47 Å². The highest BCUT2D eigenvalue weighted by atomic mass is 16.5. The van der Waals surface area contributed by atoms with Gasteiger partial charge in [0.15, 0.2) is 0 Å². The number of anilines is 1. The summed E-state index contributed by atoms with van der Waals surface area (Å²) in [6, 6.07) is 7.71. The first kappa shape index (κ1) is 16.9. The number of nitrogens with zero attached hydrogens (tertiary/aromatic N) is 4. The molecule has 0 spiro atoms. The molecule has 0 aliphatic heterocycles. The van der Waals surface area contributed by atoms with Crippen molar-refractivity contribution in [3.8, 4) is 22.8 Å². The number of hydrogen-bond donors (Lipinski definition) is 2. The van der Waals surface area contributed by atoms with Crippen molar-refractivity contribution in [3.63, 3.8) is 0 Å². The van der Waals surface area contributed by atoms with Crippen LogP contribution >= 0.6 is 0 Å². The molecule has 4 aromatic rings. The second kappa shape index (κ2) is 6.99. The van der Waals surface area contributed by atoms with Crippen LogP contribution in [0.4, 0.5) is 5.82 Å². The molecule has 8 heteroatoms. The van der Waals surface area contributed by atoms with E-state index in [0.717, 1.165) is 45.2 Å². The van der Waals surface area contributed by atoms with E-state index < -0.39 is 0 Å². The predicted octanol–water partition coefficient (Wildman–Crippen LogP) is 2.99. The number of aromatic amines is 1. The lowest BCUT2D eigenvalue weighted by Gasteiger charge is -2.12. The Bertz CT molecular complexity index is 1080. The summed E-state index contributed by atoms with van der Waals surface area (Å²) in [6.07, 6.45) is 5.35. The van der Waals surface area contributed by atoms with Crippen LogP contribution in [0.5, 0.6) is 11.5 Å². The van der Waals surface area contributed by atoms with Gasteiger partial charge in [-0.05, 0) is 18.2 Å². The molecule has 4 rings (SSSR count). The van der Waals surface area contributed by atoms with E-state index in [1.807, 2.05) is 43.7 Å². The summed E-state index contributed by atoms with van der Waals surface area (Å²) in [5.74, 6) is 2.24. The number of aromatic nitrogens is 5. The Hall–Kier alpha value is -3.55. The number of fused-ring (bicyclic) bond motifs is 1. The number of hydrogen-bond acceptors (Lipinski definition) is 6. The van der Waals surface area contributed by atoms with Gasteiger partial charge < -0.3 is 19.8 Å². The SMILES string of the molecule is COc1ccc(CNc2ncnc3[nH]cc(-c4ccn(C)n4)c23)c(OC)c1. The van der Waals surface area contributed by atoms with E-state index >= 15 is 0 Å². The van der Waals surface area contributed by atoms with Crippen molar-refractivity contribution in [3.05, 3.63) is 48.5 Å². The molecule has 0 saturated carbocycles. The van der Waals surface area contributed by atoms with Crippen LogP contribution in [-0.4, -0.2) is 39.0 Å². The van der Waals surface area contributed by atoms with Crippen LogP contribution in [0.3, 0.4) is 0 Å². The van der Waals surface area contributed by atoms with Crippen molar-refractivity contribution in [1.82, 2.24) is 24.7 Å². The van der Waals surface area contributed by atoms with Gasteiger partial charge in [0.05, 0.1) is 25.3 Å². The average molecular weight is 364 g/mol. The van der Waals surface area contributed by atoms with Crippen LogP contribution in [0.15, 0.2) is 43.0 Å². The van der Waals surface area contributed by atoms with Crippen molar-refractivity contribution in [2.24, 2.45) is 7.05 Å². The van der Waals surface area contributed by atoms with E-state index in [2.05, 4.69) is 25.4 Å². The Morgan fingerprint density at radius 3 is 2.78 bits per heavy atom. The topological polar surface area (TPSA) is 89.9 Å². The summed E-state index contributed by atoms with van der Waals surface area (Å²) in [6.45, 7) is 0.548. The van der Waals surface area contributed by atoms with Crippen LogP contribution in [-0.2, 0) is 13.6 Å². The fourth-order valence-electron chi connectivity index (χ4n) is 3.03. The summed E-state index contributed by atoms with van der Waals surface area (Å²) < 4.78 is 12.5. The Balaban J connectivity index is 1.68. The van der Waals surface area contributed by atoms with E-state index in [4.69, 9.17) is 9.47 Å². The number of ether oxygens (including phenoxy) is 2. The number of benzene rings is 1. The molecule has 0 saturated heterocycles. The van der Waals surface area contributed by atoms with Gasteiger partial charge in [0.2, 0.25) is 0 Å². The molecule has 1 aromatic carbocycles. The molecule has 2 N–H and O–H groups in total. The Kier molecular flexibility index (Phi) is 4.37. The second-order valence-corrected chi connectivity index (χ2v) is 6.05. The third-order valence-electron chi connectivity index (χ3n) is 4.40. The second-order valence-electron chi connectivity index (χ2n) is 6.05. The summed E-state index contributed by atoms with van der Waals surface area (Å²) >= 11 is 0. The minimum atomic E-state index is 0.548. The first-order chi connectivity index (χ1) is 13.2. The first-order valence-corrected chi connectivity index (χ1v) is 8.46. The van der Waals surface area contributed by atoms with Crippen LogP contribution < -0.4 is 14.8 Å². The van der Waals surface area contributed by atoms with Gasteiger partial charge in [-0.15, -0.1) is 0 Å². The molecule has 0 aliphatic carbocycles. The summed E-state index contributed by atoms with van der Waals surface area (Å²) in [5.41, 5.74) is 3.58. The Morgan fingerprint density at radius 2 is 2.04 bits per heavy atom. The van der Waals surface area contributed by atoms with E-state index in [0.29, 0.717) is 6.54 Å². The summed E-state index contributed by atoms with van der Waals surface area (Å²) in [4.78, 5) is 11.9.